The molecular formula is C30H31Cl2N3O3. The van der Waals surface area contributed by atoms with Crippen molar-refractivity contribution < 1.29 is 14.3 Å². The Hall–Kier alpha value is -3.48. The number of nitrogens with one attached hydrogen (secondary N) is 1. The predicted octanol–water partition coefficient (Wildman–Crippen LogP) is 7.06. The Labute approximate surface area is 233 Å². The maximum atomic E-state index is 12.6. The number of anilines is 1. The van der Waals surface area contributed by atoms with Crippen molar-refractivity contribution in [3.63, 3.8) is 0 Å². The molecule has 1 fully saturated rings. The lowest BCUT2D eigenvalue weighted by Gasteiger charge is -2.17. The third kappa shape index (κ3) is 7.09. The molecule has 0 aliphatic carbocycles. The van der Waals surface area contributed by atoms with Crippen LogP contribution in [-0.4, -0.2) is 31.8 Å². The van der Waals surface area contributed by atoms with Crippen molar-refractivity contribution in [1.29, 1.82) is 0 Å². The van der Waals surface area contributed by atoms with Gasteiger partial charge in [0.2, 0.25) is 0 Å². The molecule has 198 valence electrons. The summed E-state index contributed by atoms with van der Waals surface area (Å²) in [5.74, 6) is 0.932. The summed E-state index contributed by atoms with van der Waals surface area (Å²) in [5, 5.41) is 5.14. The fourth-order valence-electron chi connectivity index (χ4n) is 4.31. The monoisotopic (exact) mass is 551 g/mol. The van der Waals surface area contributed by atoms with Gasteiger partial charge in [-0.05, 0) is 85.8 Å². The molecule has 8 heteroatoms. The number of halogens is 2. The summed E-state index contributed by atoms with van der Waals surface area (Å²) in [6, 6.07) is 16.8. The largest absolute Gasteiger partial charge is 0.490 e. The summed E-state index contributed by atoms with van der Waals surface area (Å²) in [6.07, 6.45) is 6.37. The molecule has 0 saturated carbocycles. The van der Waals surface area contributed by atoms with Gasteiger partial charge in [-0.25, -0.2) is 5.43 Å². The molecule has 1 aliphatic rings. The molecule has 6 nitrogen and oxygen atoms in total. The van der Waals surface area contributed by atoms with Crippen molar-refractivity contribution in [3.8, 4) is 11.5 Å². The number of hydrazone groups is 1. The highest BCUT2D eigenvalue weighted by Crippen LogP contribution is 2.35. The average molecular weight is 553 g/mol. The molecule has 0 aromatic heterocycles. The molecule has 0 unspecified atom stereocenters. The highest BCUT2D eigenvalue weighted by molar-refractivity contribution is 6.42. The van der Waals surface area contributed by atoms with Crippen LogP contribution in [-0.2, 0) is 13.0 Å². The van der Waals surface area contributed by atoms with Crippen LogP contribution in [0.25, 0.3) is 0 Å². The summed E-state index contributed by atoms with van der Waals surface area (Å²) in [7, 11) is 0. The lowest BCUT2D eigenvalue weighted by Crippen LogP contribution is -2.19. The van der Waals surface area contributed by atoms with Gasteiger partial charge < -0.3 is 14.4 Å². The Kier molecular flexibility index (Phi) is 9.68. The second kappa shape index (κ2) is 13.4. The quantitative estimate of drug-likeness (QED) is 0.157. The first kappa shape index (κ1) is 27.6. The Morgan fingerprint density at radius 2 is 1.82 bits per heavy atom. The maximum absolute atomic E-state index is 12.6. The third-order valence-electron chi connectivity index (χ3n) is 6.17. The molecule has 3 aromatic carbocycles. The normalized spacial score (nSPS) is 13.1. The van der Waals surface area contributed by atoms with Gasteiger partial charge >= 0.3 is 0 Å². The molecule has 38 heavy (non-hydrogen) atoms. The molecule has 0 spiro atoms. The number of amides is 1. The van der Waals surface area contributed by atoms with E-state index in [1.54, 1.807) is 24.4 Å². The molecule has 0 atom stereocenters. The zero-order valence-electron chi connectivity index (χ0n) is 21.4. The summed E-state index contributed by atoms with van der Waals surface area (Å²) in [5.41, 5.74) is 6.84. The van der Waals surface area contributed by atoms with Gasteiger partial charge in [0, 0.05) is 29.9 Å². The van der Waals surface area contributed by atoms with Crippen molar-refractivity contribution in [1.82, 2.24) is 5.43 Å². The molecule has 0 radical (unpaired) electrons. The Morgan fingerprint density at radius 3 is 2.50 bits per heavy atom. The molecule has 1 aliphatic heterocycles. The van der Waals surface area contributed by atoms with Gasteiger partial charge in [0.05, 0.1) is 22.9 Å². The zero-order chi connectivity index (χ0) is 26.9. The number of rotatable bonds is 11. The molecule has 1 saturated heterocycles. The van der Waals surface area contributed by atoms with Crippen LogP contribution in [0, 0.1) is 0 Å². The van der Waals surface area contributed by atoms with E-state index in [1.807, 2.05) is 49.4 Å². The zero-order valence-corrected chi connectivity index (χ0v) is 22.9. The number of hydrogen-bond donors (Lipinski definition) is 1. The topological polar surface area (TPSA) is 63.2 Å². The number of carbonyl (C=O) groups excluding carboxylic acids is 1. The van der Waals surface area contributed by atoms with Crippen LogP contribution in [0.5, 0.6) is 11.5 Å². The van der Waals surface area contributed by atoms with Crippen LogP contribution in [0.1, 0.15) is 46.8 Å². The van der Waals surface area contributed by atoms with Crippen molar-refractivity contribution in [2.24, 2.45) is 5.10 Å². The van der Waals surface area contributed by atoms with Crippen molar-refractivity contribution >= 4 is 41.0 Å². The van der Waals surface area contributed by atoms with Crippen molar-refractivity contribution in [2.75, 3.05) is 24.6 Å². The number of ether oxygens (including phenoxy) is 2. The van der Waals surface area contributed by atoms with Crippen LogP contribution in [0.4, 0.5) is 5.69 Å². The molecule has 0 bridgehead atoms. The summed E-state index contributed by atoms with van der Waals surface area (Å²) in [6.45, 7) is 8.66. The van der Waals surface area contributed by atoms with Crippen LogP contribution in [0.15, 0.2) is 72.4 Å². The lowest BCUT2D eigenvalue weighted by atomic mass is 10.1. The van der Waals surface area contributed by atoms with Gasteiger partial charge in [-0.1, -0.05) is 35.3 Å². The van der Waals surface area contributed by atoms with E-state index in [0.717, 1.165) is 35.5 Å². The number of benzene rings is 3. The highest BCUT2D eigenvalue weighted by atomic mass is 35.5. The minimum atomic E-state index is -0.271. The van der Waals surface area contributed by atoms with E-state index in [0.29, 0.717) is 46.7 Å². The van der Waals surface area contributed by atoms with Gasteiger partial charge in [-0.15, -0.1) is 6.58 Å². The second-order valence-corrected chi connectivity index (χ2v) is 9.72. The van der Waals surface area contributed by atoms with Gasteiger partial charge in [0.15, 0.2) is 11.5 Å². The van der Waals surface area contributed by atoms with E-state index in [9.17, 15) is 4.79 Å². The number of carbonyl (C=O) groups is 1. The van der Waals surface area contributed by atoms with Crippen molar-refractivity contribution in [2.45, 2.75) is 32.8 Å². The van der Waals surface area contributed by atoms with Crippen LogP contribution < -0.4 is 19.8 Å². The Bertz CT molecular complexity index is 1300. The second-order valence-electron chi connectivity index (χ2n) is 8.91. The fourth-order valence-corrected chi connectivity index (χ4v) is 4.63. The number of nitrogens with zero attached hydrogens (tertiary/aromatic N) is 2. The van der Waals surface area contributed by atoms with E-state index in [-0.39, 0.29) is 5.91 Å². The summed E-state index contributed by atoms with van der Waals surface area (Å²) < 4.78 is 12.1. The first-order valence-electron chi connectivity index (χ1n) is 12.6. The van der Waals surface area contributed by atoms with Crippen LogP contribution >= 0.6 is 23.2 Å². The van der Waals surface area contributed by atoms with Crippen molar-refractivity contribution in [3.05, 3.63) is 99.6 Å². The minimum absolute atomic E-state index is 0.271. The van der Waals surface area contributed by atoms with Crippen LogP contribution in [0.2, 0.25) is 10.0 Å². The fraction of sp³-hybridized carbons (Fsp3) is 0.267. The average Bonchev–Trinajstić information content (AvgIpc) is 3.46. The lowest BCUT2D eigenvalue weighted by molar-refractivity contribution is 0.0955. The maximum Gasteiger partial charge on any atom is 0.271 e. The number of allylic oxidation sites excluding steroid dienone is 1. The Balaban J connectivity index is 1.47. The van der Waals surface area contributed by atoms with Gasteiger partial charge in [0.1, 0.15) is 6.61 Å². The van der Waals surface area contributed by atoms with E-state index < -0.39 is 0 Å². The molecule has 4 rings (SSSR count). The van der Waals surface area contributed by atoms with E-state index in [1.165, 1.54) is 12.8 Å². The van der Waals surface area contributed by atoms with Crippen LogP contribution in [0.3, 0.4) is 0 Å². The molecular weight excluding hydrogens is 521 g/mol. The predicted molar refractivity (Wildman–Crippen MR) is 155 cm³/mol. The molecule has 1 N–H and O–H groups in total. The smallest absolute Gasteiger partial charge is 0.271 e. The van der Waals surface area contributed by atoms with E-state index in [4.69, 9.17) is 32.7 Å². The highest BCUT2D eigenvalue weighted by Gasteiger charge is 2.15. The van der Waals surface area contributed by atoms with Gasteiger partial charge in [0.25, 0.3) is 5.91 Å². The molecule has 1 heterocycles. The summed E-state index contributed by atoms with van der Waals surface area (Å²) >= 11 is 12.2. The van der Waals surface area contributed by atoms with Gasteiger partial charge in [-0.2, -0.15) is 5.10 Å². The molecule has 1 amide bonds. The SMILES string of the molecule is C=CCc1cc(/C=N\NC(=O)c2ccc(N3CCCC3)cc2)cc(OCC)c1OCc1ccc(Cl)c(Cl)c1. The minimum Gasteiger partial charge on any atom is -0.490 e. The standard InChI is InChI=1S/C30H31Cl2N3O3/c1-3-7-24-16-22(18-28(37-4-2)29(24)38-20-21-8-13-26(31)27(32)17-21)19-33-34-30(36)23-9-11-25(12-10-23)35-14-5-6-15-35/h3,8-13,16-19H,1,4-7,14-15,20H2,2H3,(H,34,36)/b33-19-. The number of hydrogen-bond acceptors (Lipinski definition) is 5. The van der Waals surface area contributed by atoms with E-state index >= 15 is 0 Å². The van der Waals surface area contributed by atoms with Gasteiger partial charge in [-0.3, -0.25) is 4.79 Å². The summed E-state index contributed by atoms with van der Waals surface area (Å²) in [4.78, 5) is 14.9. The third-order valence-corrected chi connectivity index (χ3v) is 6.90. The van der Waals surface area contributed by atoms with E-state index in [2.05, 4.69) is 22.0 Å². The molecule has 3 aromatic rings. The first-order valence-corrected chi connectivity index (χ1v) is 13.4. The Morgan fingerprint density at radius 1 is 1.05 bits per heavy atom. The first-order chi connectivity index (χ1) is 18.5.